The molecule has 0 aliphatic carbocycles. The predicted octanol–water partition coefficient (Wildman–Crippen LogP) is 1.67. The zero-order valence-corrected chi connectivity index (χ0v) is 14.0. The molecule has 3 aliphatic rings. The first-order chi connectivity index (χ1) is 11.7. The molecular formula is C18H23NO5. The number of carbonyl (C=O) groups is 1. The van der Waals surface area contributed by atoms with Crippen molar-refractivity contribution in [1.82, 2.24) is 4.90 Å². The number of aryl methyl sites for hydroxylation is 1. The zero-order chi connectivity index (χ0) is 16.6. The third-order valence-electron chi connectivity index (χ3n) is 5.03. The van der Waals surface area contributed by atoms with Gasteiger partial charge in [-0.25, -0.2) is 0 Å². The molecule has 0 atom stereocenters. The van der Waals surface area contributed by atoms with Gasteiger partial charge in [0.25, 0.3) is 0 Å². The molecule has 130 valence electrons. The smallest absolute Gasteiger partial charge is 0.227 e. The Hall–Kier alpha value is -1.79. The number of hydrogen-bond acceptors (Lipinski definition) is 5. The van der Waals surface area contributed by atoms with Crippen LogP contribution in [0.4, 0.5) is 0 Å². The van der Waals surface area contributed by atoms with Crippen LogP contribution >= 0.6 is 0 Å². The van der Waals surface area contributed by atoms with E-state index in [1.54, 1.807) is 0 Å². The van der Waals surface area contributed by atoms with Crippen LogP contribution in [0.5, 0.6) is 11.5 Å². The minimum atomic E-state index is -0.441. The molecule has 0 bridgehead atoms. The monoisotopic (exact) mass is 333 g/mol. The highest BCUT2D eigenvalue weighted by atomic mass is 16.7. The van der Waals surface area contributed by atoms with Gasteiger partial charge in [0.1, 0.15) is 13.2 Å². The standard InChI is InChI=1S/C18H23NO5/c1-13-10-15-16(22-7-6-21-15)11-14(13)12-17(20)19-4-2-18(3-5-19)23-8-9-24-18/h10-11H,2-9,12H2,1H3. The van der Waals surface area contributed by atoms with E-state index >= 15 is 0 Å². The van der Waals surface area contributed by atoms with Crippen LogP contribution in [0, 0.1) is 6.92 Å². The van der Waals surface area contributed by atoms with E-state index in [0.29, 0.717) is 45.9 Å². The van der Waals surface area contributed by atoms with Gasteiger partial charge < -0.3 is 23.8 Å². The lowest BCUT2D eigenvalue weighted by Gasteiger charge is -2.37. The summed E-state index contributed by atoms with van der Waals surface area (Å²) >= 11 is 0. The fraction of sp³-hybridized carbons (Fsp3) is 0.611. The van der Waals surface area contributed by atoms with E-state index in [2.05, 4.69) is 0 Å². The molecule has 2 fully saturated rings. The summed E-state index contributed by atoms with van der Waals surface area (Å²) in [5, 5.41) is 0. The maximum atomic E-state index is 12.7. The lowest BCUT2D eigenvalue weighted by atomic mass is 10.0. The summed E-state index contributed by atoms with van der Waals surface area (Å²) in [6.45, 7) is 5.81. The van der Waals surface area contributed by atoms with Gasteiger partial charge in [-0.2, -0.15) is 0 Å². The third-order valence-corrected chi connectivity index (χ3v) is 5.03. The molecule has 0 saturated carbocycles. The van der Waals surface area contributed by atoms with Crippen LogP contribution in [0.2, 0.25) is 0 Å². The Morgan fingerprint density at radius 3 is 2.33 bits per heavy atom. The minimum Gasteiger partial charge on any atom is -0.486 e. The zero-order valence-electron chi connectivity index (χ0n) is 14.0. The van der Waals surface area contributed by atoms with E-state index in [1.807, 2.05) is 24.0 Å². The number of rotatable bonds is 2. The highest BCUT2D eigenvalue weighted by Crippen LogP contribution is 2.34. The van der Waals surface area contributed by atoms with Gasteiger partial charge in [0.2, 0.25) is 5.91 Å². The molecule has 0 N–H and O–H groups in total. The van der Waals surface area contributed by atoms with E-state index in [1.165, 1.54) is 0 Å². The molecule has 0 unspecified atom stereocenters. The second-order valence-electron chi connectivity index (χ2n) is 6.59. The van der Waals surface area contributed by atoms with Gasteiger partial charge >= 0.3 is 0 Å². The molecule has 1 spiro atoms. The number of fused-ring (bicyclic) bond motifs is 1. The fourth-order valence-corrected chi connectivity index (χ4v) is 3.58. The summed E-state index contributed by atoms with van der Waals surface area (Å²) in [6.07, 6.45) is 1.88. The second kappa shape index (κ2) is 6.26. The maximum Gasteiger partial charge on any atom is 0.227 e. The first kappa shape index (κ1) is 15.7. The summed E-state index contributed by atoms with van der Waals surface area (Å²) < 4.78 is 22.6. The number of hydrogen-bond donors (Lipinski definition) is 0. The molecule has 6 nitrogen and oxygen atoms in total. The van der Waals surface area contributed by atoms with Crippen molar-refractivity contribution in [3.8, 4) is 11.5 Å². The van der Waals surface area contributed by atoms with Crippen LogP contribution < -0.4 is 9.47 Å². The van der Waals surface area contributed by atoms with Gasteiger partial charge in [0.05, 0.1) is 19.6 Å². The van der Waals surface area contributed by atoms with Crippen LogP contribution in [-0.2, 0) is 20.7 Å². The lowest BCUT2D eigenvalue weighted by Crippen LogP contribution is -2.47. The Balaban J connectivity index is 1.41. The Morgan fingerprint density at radius 1 is 1.04 bits per heavy atom. The number of likely N-dealkylation sites (tertiary alicyclic amines) is 1. The number of nitrogens with zero attached hydrogens (tertiary/aromatic N) is 1. The van der Waals surface area contributed by atoms with Gasteiger partial charge in [-0.1, -0.05) is 0 Å². The Morgan fingerprint density at radius 2 is 1.67 bits per heavy atom. The van der Waals surface area contributed by atoms with Gasteiger partial charge in [-0.05, 0) is 30.2 Å². The Bertz CT molecular complexity index is 629. The summed E-state index contributed by atoms with van der Waals surface area (Å²) in [6, 6.07) is 3.90. The molecule has 1 amide bonds. The topological polar surface area (TPSA) is 57.2 Å². The van der Waals surface area contributed by atoms with Crippen molar-refractivity contribution < 1.29 is 23.7 Å². The number of amides is 1. The lowest BCUT2D eigenvalue weighted by molar-refractivity contribution is -0.187. The number of ether oxygens (including phenoxy) is 4. The highest BCUT2D eigenvalue weighted by molar-refractivity contribution is 5.79. The first-order valence-electron chi connectivity index (χ1n) is 8.60. The minimum absolute atomic E-state index is 0.141. The quantitative estimate of drug-likeness (QED) is 0.824. The molecule has 3 aliphatic heterocycles. The molecule has 4 rings (SSSR count). The number of benzene rings is 1. The molecule has 2 saturated heterocycles. The molecule has 0 aromatic heterocycles. The van der Waals surface area contributed by atoms with Crippen molar-refractivity contribution >= 4 is 5.91 Å². The Kier molecular flexibility index (Phi) is 4.10. The van der Waals surface area contributed by atoms with Crippen molar-refractivity contribution in [3.63, 3.8) is 0 Å². The van der Waals surface area contributed by atoms with Crippen molar-refractivity contribution in [2.45, 2.75) is 32.0 Å². The van der Waals surface area contributed by atoms with Crippen molar-refractivity contribution in [2.24, 2.45) is 0 Å². The maximum absolute atomic E-state index is 12.7. The average molecular weight is 333 g/mol. The normalized spacial score (nSPS) is 22.0. The average Bonchev–Trinajstić information content (AvgIpc) is 3.04. The van der Waals surface area contributed by atoms with Crippen molar-refractivity contribution in [3.05, 3.63) is 23.3 Å². The van der Waals surface area contributed by atoms with Crippen LogP contribution in [0.3, 0.4) is 0 Å². The van der Waals surface area contributed by atoms with Gasteiger partial charge in [-0.15, -0.1) is 0 Å². The number of piperidine rings is 1. The van der Waals surface area contributed by atoms with Crippen LogP contribution in [0.15, 0.2) is 12.1 Å². The summed E-state index contributed by atoms with van der Waals surface area (Å²) in [7, 11) is 0. The SMILES string of the molecule is Cc1cc2c(cc1CC(=O)N1CCC3(CC1)OCCO3)OCCO2. The molecule has 6 heteroatoms. The van der Waals surface area contributed by atoms with Crippen molar-refractivity contribution in [1.29, 1.82) is 0 Å². The molecular weight excluding hydrogens is 310 g/mol. The van der Waals surface area contributed by atoms with Gasteiger partial charge in [-0.3, -0.25) is 4.79 Å². The molecule has 1 aromatic rings. The summed E-state index contributed by atoms with van der Waals surface area (Å²) in [4.78, 5) is 14.6. The predicted molar refractivity (Wildman–Crippen MR) is 86.3 cm³/mol. The second-order valence-corrected chi connectivity index (χ2v) is 6.59. The fourth-order valence-electron chi connectivity index (χ4n) is 3.58. The largest absolute Gasteiger partial charge is 0.486 e. The molecule has 24 heavy (non-hydrogen) atoms. The first-order valence-corrected chi connectivity index (χ1v) is 8.60. The highest BCUT2D eigenvalue weighted by Gasteiger charge is 2.40. The van der Waals surface area contributed by atoms with Gasteiger partial charge in [0, 0.05) is 25.9 Å². The van der Waals surface area contributed by atoms with E-state index in [9.17, 15) is 4.79 Å². The van der Waals surface area contributed by atoms with E-state index in [0.717, 1.165) is 35.5 Å². The molecule has 1 aromatic carbocycles. The van der Waals surface area contributed by atoms with Gasteiger partial charge in [0.15, 0.2) is 17.3 Å². The van der Waals surface area contributed by atoms with Crippen molar-refractivity contribution in [2.75, 3.05) is 39.5 Å². The van der Waals surface area contributed by atoms with Crippen LogP contribution in [-0.4, -0.2) is 56.1 Å². The van der Waals surface area contributed by atoms with E-state index in [-0.39, 0.29) is 5.91 Å². The summed E-state index contributed by atoms with van der Waals surface area (Å²) in [5.74, 6) is 1.21. The van der Waals surface area contributed by atoms with E-state index < -0.39 is 5.79 Å². The number of carbonyl (C=O) groups excluding carboxylic acids is 1. The van der Waals surface area contributed by atoms with Crippen LogP contribution in [0.25, 0.3) is 0 Å². The van der Waals surface area contributed by atoms with E-state index in [4.69, 9.17) is 18.9 Å². The third kappa shape index (κ3) is 2.96. The summed E-state index contributed by atoms with van der Waals surface area (Å²) in [5.41, 5.74) is 2.06. The van der Waals surface area contributed by atoms with Crippen LogP contribution in [0.1, 0.15) is 24.0 Å². The molecule has 3 heterocycles. The molecule has 0 radical (unpaired) electrons. The Labute approximate surface area is 141 Å².